The van der Waals surface area contributed by atoms with E-state index in [-0.39, 0.29) is 35.1 Å². The Morgan fingerprint density at radius 2 is 2.16 bits per heavy atom. The fraction of sp³-hybridized carbons (Fsp3) is 0.600. The summed E-state index contributed by atoms with van der Waals surface area (Å²) in [5.74, 6) is 0.370. The van der Waals surface area contributed by atoms with Crippen LogP contribution in [0.3, 0.4) is 0 Å². The Morgan fingerprint density at radius 1 is 1.36 bits per heavy atom. The van der Waals surface area contributed by atoms with Crippen LogP contribution in [-0.2, 0) is 14.6 Å². The topological polar surface area (TPSA) is 123 Å². The Hall–Kier alpha value is -2.23. The van der Waals surface area contributed by atoms with Crippen molar-refractivity contribution >= 4 is 27.2 Å². The second kappa shape index (κ2) is 6.95. The molecule has 1 aromatic rings. The number of anilines is 1. The molecule has 1 amide bonds. The lowest BCUT2D eigenvalue weighted by molar-refractivity contribution is -0.385. The molecule has 136 valence electrons. The molecule has 1 aromatic heterocycles. The van der Waals surface area contributed by atoms with Gasteiger partial charge in [0.2, 0.25) is 5.91 Å². The van der Waals surface area contributed by atoms with Gasteiger partial charge in [-0.2, -0.15) is 0 Å². The first-order chi connectivity index (χ1) is 11.8. The molecule has 2 aliphatic rings. The van der Waals surface area contributed by atoms with Crippen molar-refractivity contribution in [1.82, 2.24) is 10.3 Å². The van der Waals surface area contributed by atoms with Crippen LogP contribution in [-0.4, -0.2) is 54.9 Å². The van der Waals surface area contributed by atoms with Crippen LogP contribution in [0.15, 0.2) is 18.3 Å². The van der Waals surface area contributed by atoms with E-state index in [4.69, 9.17) is 0 Å². The first-order valence-corrected chi connectivity index (χ1v) is 10.0. The van der Waals surface area contributed by atoms with Crippen LogP contribution in [0.4, 0.5) is 11.5 Å². The van der Waals surface area contributed by atoms with Gasteiger partial charge in [-0.1, -0.05) is 0 Å². The zero-order valence-electron chi connectivity index (χ0n) is 13.6. The molecule has 2 saturated heterocycles. The first-order valence-electron chi connectivity index (χ1n) is 8.20. The average Bonchev–Trinajstić information content (AvgIpc) is 2.93. The maximum absolute atomic E-state index is 12.4. The third-order valence-corrected chi connectivity index (χ3v) is 6.41. The highest BCUT2D eigenvalue weighted by Gasteiger charge is 2.32. The number of sulfone groups is 1. The zero-order valence-corrected chi connectivity index (χ0v) is 14.4. The minimum atomic E-state index is -3.03. The fourth-order valence-electron chi connectivity index (χ4n) is 3.30. The van der Waals surface area contributed by atoms with E-state index in [1.807, 2.05) is 4.90 Å². The van der Waals surface area contributed by atoms with Gasteiger partial charge in [-0.15, -0.1) is 0 Å². The molecule has 2 atom stereocenters. The number of nitrogens with one attached hydrogen (secondary N) is 1. The molecule has 0 spiro atoms. The molecule has 0 aromatic carbocycles. The molecule has 0 radical (unpaired) electrons. The van der Waals surface area contributed by atoms with Gasteiger partial charge in [-0.05, 0) is 25.3 Å². The standard InChI is InChI=1S/C15H20N4O5S/c20-15(17-12-5-7-25(23,24)10-12)11-2-1-6-18(9-11)14-4-3-13(8-16-14)19(21)22/h3-4,8,11-12H,1-2,5-7,9-10H2,(H,17,20)/t11-,12-/m0/s1. The molecule has 2 fully saturated rings. The Balaban J connectivity index is 1.60. The second-order valence-electron chi connectivity index (χ2n) is 6.53. The van der Waals surface area contributed by atoms with Gasteiger partial charge >= 0.3 is 0 Å². The van der Waals surface area contributed by atoms with Gasteiger partial charge < -0.3 is 10.2 Å². The summed E-state index contributed by atoms with van der Waals surface area (Å²) in [6.07, 6.45) is 3.21. The monoisotopic (exact) mass is 368 g/mol. The summed E-state index contributed by atoms with van der Waals surface area (Å²) < 4.78 is 23.0. The highest BCUT2D eigenvalue weighted by atomic mass is 32.2. The lowest BCUT2D eigenvalue weighted by atomic mass is 9.96. The summed E-state index contributed by atoms with van der Waals surface area (Å²) in [6.45, 7) is 1.20. The van der Waals surface area contributed by atoms with Crippen molar-refractivity contribution in [3.05, 3.63) is 28.4 Å². The molecular formula is C15H20N4O5S. The largest absolute Gasteiger partial charge is 0.356 e. The number of carbonyl (C=O) groups is 1. The van der Waals surface area contributed by atoms with E-state index in [2.05, 4.69) is 10.3 Å². The molecule has 3 rings (SSSR count). The van der Waals surface area contributed by atoms with Gasteiger partial charge in [0.25, 0.3) is 5.69 Å². The quantitative estimate of drug-likeness (QED) is 0.607. The Kier molecular flexibility index (Phi) is 4.89. The number of amides is 1. The van der Waals surface area contributed by atoms with Crippen LogP contribution in [0, 0.1) is 16.0 Å². The second-order valence-corrected chi connectivity index (χ2v) is 8.75. The zero-order chi connectivity index (χ0) is 18.0. The summed E-state index contributed by atoms with van der Waals surface area (Å²) in [5, 5.41) is 13.5. The fourth-order valence-corrected chi connectivity index (χ4v) is 4.97. The van der Waals surface area contributed by atoms with Gasteiger partial charge in [-0.3, -0.25) is 14.9 Å². The van der Waals surface area contributed by atoms with E-state index in [0.717, 1.165) is 19.4 Å². The van der Waals surface area contributed by atoms with Crippen molar-refractivity contribution in [2.24, 2.45) is 5.92 Å². The predicted molar refractivity (Wildman–Crippen MR) is 91.0 cm³/mol. The van der Waals surface area contributed by atoms with Gasteiger partial charge in [0.1, 0.15) is 12.0 Å². The number of rotatable bonds is 4. The van der Waals surface area contributed by atoms with Gasteiger partial charge in [0.15, 0.2) is 9.84 Å². The summed E-state index contributed by atoms with van der Waals surface area (Å²) in [4.78, 5) is 28.7. The van der Waals surface area contributed by atoms with Crippen LogP contribution >= 0.6 is 0 Å². The predicted octanol–water partition coefficient (Wildman–Crippen LogP) is 0.509. The molecule has 25 heavy (non-hydrogen) atoms. The summed E-state index contributed by atoms with van der Waals surface area (Å²) in [5.41, 5.74) is -0.0718. The summed E-state index contributed by atoms with van der Waals surface area (Å²) in [6, 6.07) is 2.68. The van der Waals surface area contributed by atoms with Crippen LogP contribution in [0.1, 0.15) is 19.3 Å². The molecule has 2 aliphatic heterocycles. The minimum absolute atomic E-state index is 0.0130. The molecule has 0 bridgehead atoms. The van der Waals surface area contributed by atoms with E-state index in [1.54, 1.807) is 6.07 Å². The summed E-state index contributed by atoms with van der Waals surface area (Å²) in [7, 11) is -3.03. The molecule has 0 saturated carbocycles. The van der Waals surface area contributed by atoms with Crippen LogP contribution in [0.25, 0.3) is 0 Å². The molecule has 10 heteroatoms. The number of nitrogens with zero attached hydrogens (tertiary/aromatic N) is 3. The molecule has 0 aliphatic carbocycles. The molecule has 1 N–H and O–H groups in total. The Bertz CT molecular complexity index is 765. The lowest BCUT2D eigenvalue weighted by Gasteiger charge is -2.33. The normalized spacial score (nSPS) is 25.5. The number of piperidine rings is 1. The average molecular weight is 368 g/mol. The van der Waals surface area contributed by atoms with Crippen LogP contribution < -0.4 is 10.2 Å². The van der Waals surface area contributed by atoms with Crippen molar-refractivity contribution in [1.29, 1.82) is 0 Å². The number of nitro groups is 1. The lowest BCUT2D eigenvalue weighted by Crippen LogP contribution is -2.46. The molecule has 0 unspecified atom stereocenters. The third kappa shape index (κ3) is 4.25. The Labute approximate surface area is 145 Å². The smallest absolute Gasteiger partial charge is 0.287 e. The van der Waals surface area contributed by atoms with Gasteiger partial charge in [-0.25, -0.2) is 13.4 Å². The van der Waals surface area contributed by atoms with E-state index < -0.39 is 14.8 Å². The first kappa shape index (κ1) is 17.6. The van der Waals surface area contributed by atoms with Gasteiger partial charge in [0, 0.05) is 25.2 Å². The molecule has 3 heterocycles. The van der Waals surface area contributed by atoms with Crippen LogP contribution in [0.2, 0.25) is 0 Å². The van der Waals surface area contributed by atoms with Gasteiger partial charge in [0.05, 0.1) is 22.3 Å². The molecule has 9 nitrogen and oxygen atoms in total. The Morgan fingerprint density at radius 3 is 2.76 bits per heavy atom. The number of carbonyl (C=O) groups excluding carboxylic acids is 1. The minimum Gasteiger partial charge on any atom is -0.356 e. The van der Waals surface area contributed by atoms with Crippen LogP contribution in [0.5, 0.6) is 0 Å². The highest BCUT2D eigenvalue weighted by molar-refractivity contribution is 7.91. The number of aromatic nitrogens is 1. The van der Waals surface area contributed by atoms with E-state index in [1.165, 1.54) is 12.3 Å². The maximum atomic E-state index is 12.4. The molecular weight excluding hydrogens is 348 g/mol. The maximum Gasteiger partial charge on any atom is 0.287 e. The third-order valence-electron chi connectivity index (χ3n) is 4.64. The van der Waals surface area contributed by atoms with Crippen molar-refractivity contribution in [2.45, 2.75) is 25.3 Å². The van der Waals surface area contributed by atoms with Crippen molar-refractivity contribution in [3.63, 3.8) is 0 Å². The van der Waals surface area contributed by atoms with E-state index in [0.29, 0.717) is 18.8 Å². The van der Waals surface area contributed by atoms with Crippen molar-refractivity contribution in [3.8, 4) is 0 Å². The van der Waals surface area contributed by atoms with E-state index >= 15 is 0 Å². The highest BCUT2D eigenvalue weighted by Crippen LogP contribution is 2.23. The number of hydrogen-bond acceptors (Lipinski definition) is 7. The van der Waals surface area contributed by atoms with Crippen molar-refractivity contribution < 1.29 is 18.1 Å². The van der Waals surface area contributed by atoms with Crippen molar-refractivity contribution in [2.75, 3.05) is 29.5 Å². The summed E-state index contributed by atoms with van der Waals surface area (Å²) >= 11 is 0. The number of hydrogen-bond donors (Lipinski definition) is 1. The SMILES string of the molecule is O=C(N[C@H]1CCS(=O)(=O)C1)[C@H]1CCCN(c2ccc([N+](=O)[O-])cn2)C1. The number of pyridine rings is 1. The van der Waals surface area contributed by atoms with E-state index in [9.17, 15) is 23.3 Å².